The first kappa shape index (κ1) is 12.1. The van der Waals surface area contributed by atoms with Gasteiger partial charge >= 0.3 is 6.18 Å². The highest BCUT2D eigenvalue weighted by Gasteiger charge is 2.31. The molecule has 2 aromatic rings. The minimum atomic E-state index is -4.59. The van der Waals surface area contributed by atoms with Gasteiger partial charge in [-0.15, -0.1) is 5.10 Å². The van der Waals surface area contributed by atoms with Gasteiger partial charge in [-0.05, 0) is 18.2 Å². The van der Waals surface area contributed by atoms with Gasteiger partial charge in [-0.1, -0.05) is 0 Å². The second-order valence-corrected chi connectivity index (χ2v) is 3.40. The Bertz CT molecular complexity index is 589. The molecule has 0 fully saturated rings. The van der Waals surface area contributed by atoms with Crippen molar-refractivity contribution in [2.24, 2.45) is 0 Å². The number of nitrogen functional groups attached to an aromatic ring is 2. The van der Waals surface area contributed by atoms with Gasteiger partial charge in [-0.25, -0.2) is 4.39 Å². The summed E-state index contributed by atoms with van der Waals surface area (Å²) in [7, 11) is 0. The minimum Gasteiger partial charge on any atom is -0.368 e. The third kappa shape index (κ3) is 2.06. The van der Waals surface area contributed by atoms with Crippen LogP contribution in [0.3, 0.4) is 0 Å². The number of aromatic nitrogens is 3. The third-order valence-electron chi connectivity index (χ3n) is 2.15. The highest BCUT2D eigenvalue weighted by atomic mass is 19.4. The number of nitrogens with zero attached hydrogens (tertiary/aromatic N) is 3. The lowest BCUT2D eigenvalue weighted by Crippen LogP contribution is -2.10. The summed E-state index contributed by atoms with van der Waals surface area (Å²) in [6.07, 6.45) is -4.59. The maximum Gasteiger partial charge on any atom is 0.416 e. The Morgan fingerprint density at radius 1 is 1.17 bits per heavy atom. The number of anilines is 2. The van der Waals surface area contributed by atoms with Crippen LogP contribution in [0.25, 0.3) is 5.69 Å². The fourth-order valence-corrected chi connectivity index (χ4v) is 1.37. The molecule has 0 saturated carbocycles. The van der Waals surface area contributed by atoms with Gasteiger partial charge in [0.2, 0.25) is 11.9 Å². The van der Waals surface area contributed by atoms with Crippen LogP contribution in [-0.2, 0) is 6.18 Å². The SMILES string of the molecule is Nc1nc(N)n(-c2cc(C(F)(F)F)ccc2F)n1. The molecule has 0 unspecified atom stereocenters. The van der Waals surface area contributed by atoms with Gasteiger partial charge in [0.15, 0.2) is 0 Å². The van der Waals surface area contributed by atoms with Crippen molar-refractivity contribution in [1.29, 1.82) is 0 Å². The lowest BCUT2D eigenvalue weighted by molar-refractivity contribution is -0.137. The molecule has 1 heterocycles. The van der Waals surface area contributed by atoms with Crippen LogP contribution in [-0.4, -0.2) is 14.8 Å². The lowest BCUT2D eigenvalue weighted by Gasteiger charge is -2.09. The van der Waals surface area contributed by atoms with Crippen molar-refractivity contribution in [3.63, 3.8) is 0 Å². The number of hydrogen-bond acceptors (Lipinski definition) is 4. The molecule has 9 heteroatoms. The van der Waals surface area contributed by atoms with Crippen LogP contribution in [0.5, 0.6) is 0 Å². The zero-order chi connectivity index (χ0) is 13.5. The van der Waals surface area contributed by atoms with Crippen molar-refractivity contribution in [1.82, 2.24) is 14.8 Å². The predicted octanol–water partition coefficient (Wildman–Crippen LogP) is 1.59. The molecule has 0 atom stereocenters. The van der Waals surface area contributed by atoms with Gasteiger partial charge in [0.1, 0.15) is 11.5 Å². The van der Waals surface area contributed by atoms with Crippen LogP contribution in [0.4, 0.5) is 29.5 Å². The summed E-state index contributed by atoms with van der Waals surface area (Å²) in [6.45, 7) is 0. The number of benzene rings is 1. The molecule has 0 amide bonds. The topological polar surface area (TPSA) is 82.7 Å². The summed E-state index contributed by atoms with van der Waals surface area (Å²) in [5, 5.41) is 3.52. The van der Waals surface area contributed by atoms with Crippen molar-refractivity contribution < 1.29 is 17.6 Å². The first-order valence-electron chi connectivity index (χ1n) is 4.64. The lowest BCUT2D eigenvalue weighted by atomic mass is 10.2. The molecule has 0 aliphatic heterocycles. The zero-order valence-corrected chi connectivity index (χ0v) is 8.74. The predicted molar refractivity (Wildman–Crippen MR) is 55.1 cm³/mol. The van der Waals surface area contributed by atoms with Crippen LogP contribution in [0.1, 0.15) is 5.56 Å². The summed E-state index contributed by atoms with van der Waals surface area (Å²) in [4.78, 5) is 3.48. The molecule has 0 aliphatic carbocycles. The summed E-state index contributed by atoms with van der Waals surface area (Å²) in [5.41, 5.74) is 9.10. The Morgan fingerprint density at radius 2 is 1.83 bits per heavy atom. The van der Waals surface area contributed by atoms with Crippen molar-refractivity contribution >= 4 is 11.9 Å². The second-order valence-electron chi connectivity index (χ2n) is 3.40. The Labute approximate surface area is 98.0 Å². The Balaban J connectivity index is 2.60. The van der Waals surface area contributed by atoms with E-state index in [-0.39, 0.29) is 11.9 Å². The van der Waals surface area contributed by atoms with E-state index < -0.39 is 23.2 Å². The standard InChI is InChI=1S/C9H7F4N5/c10-5-2-1-4(9(11,12)13)3-6(5)18-8(15)16-7(14)17-18/h1-3H,(H4,14,15,16,17). The van der Waals surface area contributed by atoms with Gasteiger partial charge in [0.05, 0.1) is 5.56 Å². The molecule has 2 rings (SSSR count). The van der Waals surface area contributed by atoms with E-state index in [0.29, 0.717) is 22.9 Å². The summed E-state index contributed by atoms with van der Waals surface area (Å²) in [5.74, 6) is -1.48. The van der Waals surface area contributed by atoms with Gasteiger partial charge in [0.25, 0.3) is 0 Å². The van der Waals surface area contributed by atoms with Crippen LogP contribution in [0, 0.1) is 5.82 Å². The Kier molecular flexibility index (Phi) is 2.60. The summed E-state index contributed by atoms with van der Waals surface area (Å²) in [6, 6.07) is 1.88. The molecule has 18 heavy (non-hydrogen) atoms. The average molecular weight is 261 g/mol. The van der Waals surface area contributed by atoms with Crippen molar-refractivity contribution in [2.75, 3.05) is 11.5 Å². The van der Waals surface area contributed by atoms with Crippen LogP contribution < -0.4 is 11.5 Å². The number of rotatable bonds is 1. The number of nitrogens with two attached hydrogens (primary N) is 2. The maximum atomic E-state index is 13.5. The molecule has 4 N–H and O–H groups in total. The van der Waals surface area contributed by atoms with Crippen molar-refractivity contribution in [3.05, 3.63) is 29.6 Å². The second kappa shape index (κ2) is 3.86. The van der Waals surface area contributed by atoms with Crippen LogP contribution in [0.2, 0.25) is 0 Å². The molecule has 0 spiro atoms. The highest BCUT2D eigenvalue weighted by Crippen LogP contribution is 2.31. The van der Waals surface area contributed by atoms with Gasteiger partial charge in [-0.3, -0.25) is 0 Å². The summed E-state index contributed by atoms with van der Waals surface area (Å²) < 4.78 is 51.7. The van der Waals surface area contributed by atoms with E-state index in [9.17, 15) is 17.6 Å². The first-order valence-corrected chi connectivity index (χ1v) is 4.64. The fourth-order valence-electron chi connectivity index (χ4n) is 1.37. The van der Waals surface area contributed by atoms with Gasteiger partial charge in [0, 0.05) is 0 Å². The molecule has 0 saturated heterocycles. The maximum absolute atomic E-state index is 13.5. The Morgan fingerprint density at radius 3 is 2.33 bits per heavy atom. The molecule has 0 bridgehead atoms. The molecule has 0 aliphatic rings. The largest absolute Gasteiger partial charge is 0.416 e. The molecule has 1 aromatic carbocycles. The fraction of sp³-hybridized carbons (Fsp3) is 0.111. The van der Waals surface area contributed by atoms with E-state index in [2.05, 4.69) is 10.1 Å². The number of halogens is 4. The normalized spacial score (nSPS) is 11.8. The molecule has 96 valence electrons. The van der Waals surface area contributed by atoms with E-state index in [1.807, 2.05) is 0 Å². The minimum absolute atomic E-state index is 0.260. The van der Waals surface area contributed by atoms with E-state index in [1.54, 1.807) is 0 Å². The molecule has 1 aromatic heterocycles. The smallest absolute Gasteiger partial charge is 0.368 e. The van der Waals surface area contributed by atoms with E-state index in [4.69, 9.17) is 11.5 Å². The first-order chi connectivity index (χ1) is 8.29. The van der Waals surface area contributed by atoms with E-state index >= 15 is 0 Å². The van der Waals surface area contributed by atoms with Crippen molar-refractivity contribution in [3.8, 4) is 5.69 Å². The number of alkyl halides is 3. The molecule has 5 nitrogen and oxygen atoms in total. The highest BCUT2D eigenvalue weighted by molar-refractivity contribution is 5.44. The third-order valence-corrected chi connectivity index (χ3v) is 2.15. The number of hydrogen-bond donors (Lipinski definition) is 2. The Hall–Kier alpha value is -2.32. The van der Waals surface area contributed by atoms with Gasteiger partial charge < -0.3 is 11.5 Å². The van der Waals surface area contributed by atoms with Gasteiger partial charge in [-0.2, -0.15) is 22.8 Å². The molecular weight excluding hydrogens is 254 g/mol. The monoisotopic (exact) mass is 261 g/mol. The quantitative estimate of drug-likeness (QED) is 0.763. The molecular formula is C9H7F4N5. The van der Waals surface area contributed by atoms with E-state index in [1.165, 1.54) is 0 Å². The average Bonchev–Trinajstić information content (AvgIpc) is 2.56. The van der Waals surface area contributed by atoms with Crippen molar-refractivity contribution in [2.45, 2.75) is 6.18 Å². The molecule has 0 radical (unpaired) electrons. The van der Waals surface area contributed by atoms with Crippen LogP contribution >= 0.6 is 0 Å². The summed E-state index contributed by atoms with van der Waals surface area (Å²) >= 11 is 0. The van der Waals surface area contributed by atoms with E-state index in [0.717, 1.165) is 0 Å². The van der Waals surface area contributed by atoms with Crippen LogP contribution in [0.15, 0.2) is 18.2 Å². The zero-order valence-electron chi connectivity index (χ0n) is 8.74.